The van der Waals surface area contributed by atoms with Crippen LogP contribution in [0.5, 0.6) is 0 Å². The fraction of sp³-hybridized carbons (Fsp3) is 0.933. The van der Waals surface area contributed by atoms with Crippen molar-refractivity contribution in [3.63, 3.8) is 0 Å². The lowest BCUT2D eigenvalue weighted by Crippen LogP contribution is -2.47. The van der Waals surface area contributed by atoms with E-state index in [1.807, 2.05) is 0 Å². The van der Waals surface area contributed by atoms with Crippen LogP contribution in [0.2, 0.25) is 0 Å². The number of piperidine rings is 1. The number of amides is 1. The molecule has 0 aromatic rings. The Morgan fingerprint density at radius 2 is 1.84 bits per heavy atom. The van der Waals surface area contributed by atoms with Gasteiger partial charge in [-0.1, -0.05) is 6.92 Å². The average Bonchev–Trinajstić information content (AvgIpc) is 2.46. The Bertz CT molecular complexity index is 287. The molecule has 2 saturated heterocycles. The van der Waals surface area contributed by atoms with Crippen LogP contribution >= 0.6 is 0 Å². The van der Waals surface area contributed by atoms with E-state index in [1.54, 1.807) is 0 Å². The zero-order chi connectivity index (χ0) is 13.7. The van der Waals surface area contributed by atoms with Crippen molar-refractivity contribution in [2.24, 2.45) is 0 Å². The molecule has 0 saturated carbocycles. The van der Waals surface area contributed by atoms with Gasteiger partial charge in [0.25, 0.3) is 0 Å². The van der Waals surface area contributed by atoms with Gasteiger partial charge in [-0.3, -0.25) is 4.79 Å². The van der Waals surface area contributed by atoms with Gasteiger partial charge in [0, 0.05) is 51.7 Å². The minimum atomic E-state index is 0.380. The molecule has 0 spiro atoms. The highest BCUT2D eigenvalue weighted by atomic mass is 16.2. The van der Waals surface area contributed by atoms with Crippen molar-refractivity contribution in [1.29, 1.82) is 0 Å². The van der Waals surface area contributed by atoms with Crippen LogP contribution in [0.1, 0.15) is 39.0 Å². The van der Waals surface area contributed by atoms with E-state index in [4.69, 9.17) is 0 Å². The van der Waals surface area contributed by atoms with Crippen LogP contribution in [0.4, 0.5) is 0 Å². The lowest BCUT2D eigenvalue weighted by atomic mass is 9.99. The number of carbonyl (C=O) groups is 1. The number of rotatable bonds is 4. The summed E-state index contributed by atoms with van der Waals surface area (Å²) in [5, 5.41) is 0. The zero-order valence-electron chi connectivity index (χ0n) is 12.6. The monoisotopic (exact) mass is 267 g/mol. The maximum atomic E-state index is 12.4. The van der Waals surface area contributed by atoms with Gasteiger partial charge < -0.3 is 14.7 Å². The SMILES string of the molecule is CCC1CCCCN1C(=O)CCN1CCN(C)CC1. The summed E-state index contributed by atoms with van der Waals surface area (Å²) in [6.07, 6.45) is 5.51. The van der Waals surface area contributed by atoms with Crippen molar-refractivity contribution < 1.29 is 4.79 Å². The van der Waals surface area contributed by atoms with Crippen molar-refractivity contribution in [3.05, 3.63) is 0 Å². The molecule has 110 valence electrons. The first-order chi connectivity index (χ1) is 9.20. The van der Waals surface area contributed by atoms with E-state index < -0.39 is 0 Å². The maximum Gasteiger partial charge on any atom is 0.224 e. The Labute approximate surface area is 117 Å². The molecule has 2 heterocycles. The largest absolute Gasteiger partial charge is 0.340 e. The van der Waals surface area contributed by atoms with Gasteiger partial charge in [0.05, 0.1) is 0 Å². The number of piperazine rings is 1. The van der Waals surface area contributed by atoms with Crippen LogP contribution in [0.3, 0.4) is 0 Å². The molecule has 0 aromatic heterocycles. The van der Waals surface area contributed by atoms with Gasteiger partial charge in [0.2, 0.25) is 5.91 Å². The third-order valence-corrected chi connectivity index (χ3v) is 4.66. The Kier molecular flexibility index (Phi) is 5.64. The Morgan fingerprint density at radius 3 is 2.53 bits per heavy atom. The summed E-state index contributed by atoms with van der Waals surface area (Å²) in [7, 11) is 2.17. The van der Waals surface area contributed by atoms with Crippen molar-refractivity contribution in [2.75, 3.05) is 46.3 Å². The number of likely N-dealkylation sites (N-methyl/N-ethyl adjacent to an activating group) is 1. The molecular formula is C15H29N3O. The summed E-state index contributed by atoms with van der Waals surface area (Å²) >= 11 is 0. The summed E-state index contributed by atoms with van der Waals surface area (Å²) in [5.74, 6) is 0.380. The second kappa shape index (κ2) is 7.25. The molecule has 4 heteroatoms. The highest BCUT2D eigenvalue weighted by Gasteiger charge is 2.25. The second-order valence-corrected chi connectivity index (χ2v) is 6.04. The lowest BCUT2D eigenvalue weighted by molar-refractivity contribution is -0.135. The van der Waals surface area contributed by atoms with Crippen LogP contribution in [0, 0.1) is 0 Å². The van der Waals surface area contributed by atoms with E-state index in [0.717, 1.165) is 45.7 Å². The molecule has 2 aliphatic rings. The van der Waals surface area contributed by atoms with Gasteiger partial charge >= 0.3 is 0 Å². The number of hydrogen-bond donors (Lipinski definition) is 0. The highest BCUT2D eigenvalue weighted by molar-refractivity contribution is 5.76. The molecule has 1 atom stereocenters. The standard InChI is InChI=1S/C15H29N3O/c1-3-14-6-4-5-8-18(14)15(19)7-9-17-12-10-16(2)11-13-17/h14H,3-13H2,1-2H3. The minimum Gasteiger partial charge on any atom is -0.340 e. The van der Waals surface area contributed by atoms with Gasteiger partial charge in [-0.15, -0.1) is 0 Å². The normalized spacial score (nSPS) is 26.6. The fourth-order valence-electron chi connectivity index (χ4n) is 3.22. The number of likely N-dealkylation sites (tertiary alicyclic amines) is 1. The fourth-order valence-corrected chi connectivity index (χ4v) is 3.22. The first kappa shape index (κ1) is 14.8. The van der Waals surface area contributed by atoms with Crippen LogP contribution in [-0.2, 0) is 4.79 Å². The highest BCUT2D eigenvalue weighted by Crippen LogP contribution is 2.20. The van der Waals surface area contributed by atoms with Crippen LogP contribution < -0.4 is 0 Å². The molecule has 2 fully saturated rings. The molecule has 0 aliphatic carbocycles. The first-order valence-corrected chi connectivity index (χ1v) is 7.91. The number of nitrogens with zero attached hydrogens (tertiary/aromatic N) is 3. The maximum absolute atomic E-state index is 12.4. The molecule has 0 aromatic carbocycles. The molecule has 19 heavy (non-hydrogen) atoms. The van der Waals surface area contributed by atoms with Crippen LogP contribution in [-0.4, -0.2) is 73.0 Å². The summed E-state index contributed by atoms with van der Waals surface area (Å²) in [5.41, 5.74) is 0. The van der Waals surface area contributed by atoms with E-state index in [0.29, 0.717) is 18.4 Å². The third kappa shape index (κ3) is 4.18. The van der Waals surface area contributed by atoms with E-state index in [-0.39, 0.29) is 0 Å². The van der Waals surface area contributed by atoms with Crippen molar-refractivity contribution >= 4 is 5.91 Å². The Hall–Kier alpha value is -0.610. The van der Waals surface area contributed by atoms with E-state index in [9.17, 15) is 4.79 Å². The topological polar surface area (TPSA) is 26.8 Å². The molecule has 0 bridgehead atoms. The average molecular weight is 267 g/mol. The summed E-state index contributed by atoms with van der Waals surface area (Å²) < 4.78 is 0. The zero-order valence-corrected chi connectivity index (χ0v) is 12.6. The molecule has 2 rings (SSSR count). The van der Waals surface area contributed by atoms with Gasteiger partial charge in [-0.05, 0) is 32.7 Å². The minimum absolute atomic E-state index is 0.380. The lowest BCUT2D eigenvalue weighted by Gasteiger charge is -2.36. The summed E-state index contributed by atoms with van der Waals surface area (Å²) in [4.78, 5) is 19.3. The van der Waals surface area contributed by atoms with Crippen molar-refractivity contribution in [3.8, 4) is 0 Å². The molecular weight excluding hydrogens is 238 g/mol. The van der Waals surface area contributed by atoms with E-state index >= 15 is 0 Å². The number of hydrogen-bond acceptors (Lipinski definition) is 3. The van der Waals surface area contributed by atoms with Gasteiger partial charge in [0.15, 0.2) is 0 Å². The molecule has 4 nitrogen and oxygen atoms in total. The predicted octanol–water partition coefficient (Wildman–Crippen LogP) is 1.42. The van der Waals surface area contributed by atoms with Crippen LogP contribution in [0.15, 0.2) is 0 Å². The molecule has 1 unspecified atom stereocenters. The molecule has 0 N–H and O–H groups in total. The summed E-state index contributed by atoms with van der Waals surface area (Å²) in [6.45, 7) is 8.63. The van der Waals surface area contributed by atoms with Gasteiger partial charge in [0.1, 0.15) is 0 Å². The smallest absolute Gasteiger partial charge is 0.224 e. The summed E-state index contributed by atoms with van der Waals surface area (Å²) in [6, 6.07) is 0.508. The molecule has 0 radical (unpaired) electrons. The quantitative estimate of drug-likeness (QED) is 0.771. The molecule has 2 aliphatic heterocycles. The van der Waals surface area contributed by atoms with Crippen LogP contribution in [0.25, 0.3) is 0 Å². The number of carbonyl (C=O) groups excluding carboxylic acids is 1. The van der Waals surface area contributed by atoms with Gasteiger partial charge in [-0.25, -0.2) is 0 Å². The Morgan fingerprint density at radius 1 is 1.11 bits per heavy atom. The molecule has 1 amide bonds. The Balaban J connectivity index is 1.74. The van der Waals surface area contributed by atoms with Crippen molar-refractivity contribution in [1.82, 2.24) is 14.7 Å². The predicted molar refractivity (Wildman–Crippen MR) is 78.2 cm³/mol. The van der Waals surface area contributed by atoms with Gasteiger partial charge in [-0.2, -0.15) is 0 Å². The second-order valence-electron chi connectivity index (χ2n) is 6.04. The first-order valence-electron chi connectivity index (χ1n) is 7.91. The third-order valence-electron chi connectivity index (χ3n) is 4.66. The van der Waals surface area contributed by atoms with E-state index in [1.165, 1.54) is 19.3 Å². The van der Waals surface area contributed by atoms with E-state index in [2.05, 4.69) is 28.7 Å². The van der Waals surface area contributed by atoms with Crippen molar-refractivity contribution in [2.45, 2.75) is 45.1 Å².